The molecule has 2 heteroatoms. The van der Waals surface area contributed by atoms with Crippen LogP contribution in [0.15, 0.2) is 0 Å². The summed E-state index contributed by atoms with van der Waals surface area (Å²) in [6.07, 6.45) is 9.81. The quantitative estimate of drug-likeness (QED) is 0.474. The van der Waals surface area contributed by atoms with E-state index in [1.807, 2.05) is 0 Å². The molecular weight excluding hydrogens is 179 g/mol. The van der Waals surface area contributed by atoms with Gasteiger partial charge in [-0.25, -0.2) is 0 Å². The summed E-state index contributed by atoms with van der Waals surface area (Å²) >= 11 is 0. The van der Waals surface area contributed by atoms with E-state index in [1.165, 1.54) is 32.1 Å². The maximum atomic E-state index is 10.1. The van der Waals surface area contributed by atoms with Crippen molar-refractivity contribution in [2.75, 3.05) is 18.5 Å². The summed E-state index contributed by atoms with van der Waals surface area (Å²) in [6.45, 7) is 6.52. The summed E-state index contributed by atoms with van der Waals surface area (Å²) in [4.78, 5) is 10.1. The van der Waals surface area contributed by atoms with Crippen LogP contribution in [-0.4, -0.2) is 23.4 Å². The summed E-state index contributed by atoms with van der Waals surface area (Å²) in [5.74, 6) is 0. The Morgan fingerprint density at radius 3 is 1.85 bits per heavy atom. The van der Waals surface area contributed by atoms with E-state index in [0.29, 0.717) is 0 Å². The molecule has 0 aromatic rings. The van der Waals surface area contributed by atoms with Gasteiger partial charge in [0.15, 0.2) is 0 Å². The first-order valence-electron chi connectivity index (χ1n) is 5.91. The van der Waals surface area contributed by atoms with Gasteiger partial charge in [-0.3, -0.25) is 0 Å². The van der Waals surface area contributed by atoms with Crippen molar-refractivity contribution in [1.29, 1.82) is 0 Å². The molecule has 1 N–H and O–H groups in total. The summed E-state index contributed by atoms with van der Waals surface area (Å²) in [5.41, 5.74) is 0. The first kappa shape index (κ1) is 13.4. The Bertz CT molecular complexity index is 111. The third-order valence-corrected chi connectivity index (χ3v) is 6.98. The Kier molecular flexibility index (Phi) is 8.00. The molecule has 0 saturated carbocycles. The van der Waals surface area contributed by atoms with Gasteiger partial charge in [0.25, 0.3) is 0 Å². The topological polar surface area (TPSA) is 20.2 Å². The van der Waals surface area contributed by atoms with Gasteiger partial charge in [0.05, 0.1) is 0 Å². The fourth-order valence-electron chi connectivity index (χ4n) is 1.66. The van der Waals surface area contributed by atoms with Gasteiger partial charge < -0.3 is 0 Å². The maximum absolute atomic E-state index is 10.1. The van der Waals surface area contributed by atoms with E-state index in [4.69, 9.17) is 0 Å². The van der Waals surface area contributed by atoms with Crippen LogP contribution in [0.3, 0.4) is 0 Å². The fraction of sp³-hybridized carbons (Fsp3) is 1.00. The number of hydrogen-bond acceptors (Lipinski definition) is 1. The molecule has 0 aliphatic heterocycles. The second-order valence-electron chi connectivity index (χ2n) is 4.10. The van der Waals surface area contributed by atoms with Crippen LogP contribution in [0.4, 0.5) is 0 Å². The molecule has 0 aromatic carbocycles. The van der Waals surface area contributed by atoms with Crippen molar-refractivity contribution in [2.45, 2.75) is 52.9 Å². The molecule has 0 aliphatic carbocycles. The van der Waals surface area contributed by atoms with Gasteiger partial charge in [0, 0.05) is 0 Å². The average molecular weight is 206 g/mol. The predicted octanol–water partition coefficient (Wildman–Crippen LogP) is 3.65. The Labute approximate surface area is 84.4 Å². The van der Waals surface area contributed by atoms with E-state index >= 15 is 0 Å². The van der Waals surface area contributed by atoms with Crippen LogP contribution in [-0.2, 0) is 0 Å². The van der Waals surface area contributed by atoms with Crippen molar-refractivity contribution in [3.63, 3.8) is 0 Å². The van der Waals surface area contributed by atoms with E-state index in [2.05, 4.69) is 20.8 Å². The fourth-order valence-corrected chi connectivity index (χ4v) is 3.78. The van der Waals surface area contributed by atoms with Crippen molar-refractivity contribution >= 4 is 7.49 Å². The summed E-state index contributed by atoms with van der Waals surface area (Å²) in [5, 5.41) is 0. The van der Waals surface area contributed by atoms with Crippen molar-refractivity contribution in [2.24, 2.45) is 0 Å². The number of unbranched alkanes of at least 4 members (excludes halogenated alkanes) is 4. The average Bonchev–Trinajstić information content (AvgIpc) is 2.17. The van der Waals surface area contributed by atoms with Gasteiger partial charge in [-0.1, -0.05) is 0 Å². The van der Waals surface area contributed by atoms with Crippen molar-refractivity contribution < 1.29 is 4.89 Å². The van der Waals surface area contributed by atoms with E-state index in [0.717, 1.165) is 18.5 Å². The molecule has 82 valence electrons. The summed E-state index contributed by atoms with van der Waals surface area (Å²) < 4.78 is 0. The van der Waals surface area contributed by atoms with Gasteiger partial charge in [-0.2, -0.15) is 0 Å². The van der Waals surface area contributed by atoms with Gasteiger partial charge in [-0.05, 0) is 0 Å². The molecule has 0 amide bonds. The Morgan fingerprint density at radius 1 is 0.846 bits per heavy atom. The first-order chi connectivity index (χ1) is 6.18. The zero-order chi connectivity index (χ0) is 10.2. The standard InChI is InChI=1S/C11H27OP/c1-4-7-8-9-10-11-13(12,5-2)6-3/h12-13H,4-11H2,1-3H3. The van der Waals surface area contributed by atoms with E-state index < -0.39 is 7.49 Å². The zero-order valence-electron chi connectivity index (χ0n) is 9.60. The third-order valence-electron chi connectivity index (χ3n) is 3.06. The molecule has 0 rings (SSSR count). The summed E-state index contributed by atoms with van der Waals surface area (Å²) in [6, 6.07) is 0. The molecule has 0 unspecified atom stereocenters. The molecule has 0 aromatic heterocycles. The molecular formula is C11H27OP. The molecule has 0 heterocycles. The van der Waals surface area contributed by atoms with E-state index in [1.54, 1.807) is 0 Å². The van der Waals surface area contributed by atoms with E-state index in [-0.39, 0.29) is 0 Å². The minimum atomic E-state index is -1.76. The van der Waals surface area contributed by atoms with Gasteiger partial charge in [0.1, 0.15) is 0 Å². The van der Waals surface area contributed by atoms with Crippen molar-refractivity contribution in [3.05, 3.63) is 0 Å². The van der Waals surface area contributed by atoms with Gasteiger partial charge >= 0.3 is 83.7 Å². The molecule has 0 aliphatic rings. The van der Waals surface area contributed by atoms with Crippen LogP contribution in [0.2, 0.25) is 0 Å². The first-order valence-corrected chi connectivity index (χ1v) is 8.47. The minimum absolute atomic E-state index is 1.04. The van der Waals surface area contributed by atoms with Crippen molar-refractivity contribution in [1.82, 2.24) is 0 Å². The molecule has 0 saturated heterocycles. The van der Waals surface area contributed by atoms with Crippen LogP contribution in [0, 0.1) is 0 Å². The predicted molar refractivity (Wildman–Crippen MR) is 65.2 cm³/mol. The third kappa shape index (κ3) is 6.46. The molecule has 0 spiro atoms. The van der Waals surface area contributed by atoms with Crippen LogP contribution >= 0.6 is 7.49 Å². The molecule has 0 radical (unpaired) electrons. The Morgan fingerprint density at radius 2 is 1.38 bits per heavy atom. The molecule has 0 fully saturated rings. The SMILES string of the molecule is CCCCCCC[PH](O)(CC)CC. The van der Waals surface area contributed by atoms with Crippen molar-refractivity contribution in [3.8, 4) is 0 Å². The monoisotopic (exact) mass is 206 g/mol. The summed E-state index contributed by atoms with van der Waals surface area (Å²) in [7, 11) is -1.76. The van der Waals surface area contributed by atoms with E-state index in [9.17, 15) is 4.89 Å². The number of rotatable bonds is 8. The normalized spacial score (nSPS) is 13.2. The second-order valence-corrected chi connectivity index (χ2v) is 8.46. The van der Waals surface area contributed by atoms with Crippen LogP contribution in [0.1, 0.15) is 52.9 Å². The molecule has 0 bridgehead atoms. The number of hydrogen-bond donors (Lipinski definition) is 1. The molecule has 1 nitrogen and oxygen atoms in total. The van der Waals surface area contributed by atoms with Crippen LogP contribution in [0.25, 0.3) is 0 Å². The zero-order valence-corrected chi connectivity index (χ0v) is 10.6. The second kappa shape index (κ2) is 7.76. The van der Waals surface area contributed by atoms with Crippen LogP contribution < -0.4 is 0 Å². The van der Waals surface area contributed by atoms with Gasteiger partial charge in [-0.15, -0.1) is 0 Å². The molecule has 13 heavy (non-hydrogen) atoms. The van der Waals surface area contributed by atoms with Gasteiger partial charge in [0.2, 0.25) is 0 Å². The Hall–Kier alpha value is 0.390. The molecule has 0 atom stereocenters. The Balaban J connectivity index is 3.39. The van der Waals surface area contributed by atoms with Crippen LogP contribution in [0.5, 0.6) is 0 Å².